The zero-order valence-electron chi connectivity index (χ0n) is 25.4. The van der Waals surface area contributed by atoms with Crippen molar-refractivity contribution in [3.8, 4) is 0 Å². The topological polar surface area (TPSA) is 38.8 Å². The maximum atomic E-state index is 12.3. The first-order valence-corrected chi connectivity index (χ1v) is 18.0. The Morgan fingerprint density at radius 2 is 1.81 bits per heavy atom. The average Bonchev–Trinajstić information content (AvgIpc) is 3.17. The van der Waals surface area contributed by atoms with E-state index >= 15 is 0 Å². The second kappa shape index (κ2) is 10.6. The highest BCUT2D eigenvalue weighted by molar-refractivity contribution is 6.74. The summed E-state index contributed by atoms with van der Waals surface area (Å²) in [5, 5.41) is 0.172. The molecule has 0 radical (unpaired) electrons. The van der Waals surface area contributed by atoms with Crippen molar-refractivity contribution in [1.29, 1.82) is 0 Å². The average molecular weight is 530 g/mol. The summed E-state index contributed by atoms with van der Waals surface area (Å²) >= 11 is 0. The summed E-state index contributed by atoms with van der Waals surface area (Å²) in [6.07, 6.45) is 16.0. The van der Waals surface area contributed by atoms with Crippen LogP contribution in [0.3, 0.4) is 0 Å². The fraction of sp³-hybridized carbons (Fsp3) is 0.844. The minimum absolute atomic E-state index is 0.0520. The Morgan fingerprint density at radius 3 is 2.49 bits per heavy atom. The second-order valence-electron chi connectivity index (χ2n) is 14.8. The maximum absolute atomic E-state index is 12.3. The molecule has 0 aromatic heterocycles. The van der Waals surface area contributed by atoms with Crippen molar-refractivity contribution in [2.24, 2.45) is 28.6 Å². The number of amides is 1. The van der Waals surface area contributed by atoms with Crippen LogP contribution in [0.5, 0.6) is 0 Å². The fourth-order valence-corrected chi connectivity index (χ4v) is 9.01. The van der Waals surface area contributed by atoms with Crippen LogP contribution in [0.2, 0.25) is 18.1 Å². The lowest BCUT2D eigenvalue weighted by molar-refractivity contribution is -0.131. The third-order valence-corrected chi connectivity index (χ3v) is 16.1. The quantitative estimate of drug-likeness (QED) is 0.302. The molecule has 4 aliphatic carbocycles. The van der Waals surface area contributed by atoms with Gasteiger partial charge in [0.1, 0.15) is 0 Å². The van der Waals surface area contributed by atoms with Crippen molar-refractivity contribution >= 4 is 14.2 Å². The van der Waals surface area contributed by atoms with Crippen LogP contribution in [0.25, 0.3) is 0 Å². The van der Waals surface area contributed by atoms with Crippen LogP contribution in [0.15, 0.2) is 23.3 Å². The van der Waals surface area contributed by atoms with Gasteiger partial charge in [0.2, 0.25) is 5.91 Å². The first kappa shape index (κ1) is 29.1. The molecule has 0 bridgehead atoms. The van der Waals surface area contributed by atoms with Crippen LogP contribution < -0.4 is 0 Å². The summed E-state index contributed by atoms with van der Waals surface area (Å²) in [5.41, 5.74) is 4.10. The Morgan fingerprint density at radius 1 is 1.08 bits per heavy atom. The Hall–Kier alpha value is -0.913. The molecule has 0 unspecified atom stereocenters. The summed E-state index contributed by atoms with van der Waals surface area (Å²) in [5.74, 6) is 1.99. The number of carbonyl (C=O) groups excluding carboxylic acids is 1. The van der Waals surface area contributed by atoms with E-state index in [4.69, 9.17) is 9.16 Å². The minimum atomic E-state index is -1.90. The van der Waals surface area contributed by atoms with Gasteiger partial charge in [0, 0.05) is 14.1 Å². The number of carbonyl (C=O) groups is 1. The van der Waals surface area contributed by atoms with Crippen LogP contribution >= 0.6 is 0 Å². The largest absolute Gasteiger partial charge is 0.414 e. The standard InChI is InChI=1S/C32H55NO3Si/c1-30(2,3)37(8,9)36-22-28(35-21-18-29(34)33(6)7)27-16-15-25-24-14-13-23-12-10-11-19-31(23,4)26(24)17-20-32(25,27)5/h13-14,25-28H,10-12,15-22H2,1-9H3/t25-,26-,27+,28+,31-,32-/m0/s1. The number of rotatable bonds is 8. The molecule has 0 saturated heterocycles. The molecule has 0 heterocycles. The Labute approximate surface area is 228 Å². The summed E-state index contributed by atoms with van der Waals surface area (Å²) in [6.45, 7) is 17.9. The van der Waals surface area contributed by atoms with Gasteiger partial charge in [-0.15, -0.1) is 0 Å². The van der Waals surface area contributed by atoms with E-state index in [0.29, 0.717) is 36.9 Å². The van der Waals surface area contributed by atoms with Gasteiger partial charge < -0.3 is 14.1 Å². The summed E-state index contributed by atoms with van der Waals surface area (Å²) in [6, 6.07) is 0. The minimum Gasteiger partial charge on any atom is -0.414 e. The Bertz CT molecular complexity index is 915. The van der Waals surface area contributed by atoms with Gasteiger partial charge in [0.15, 0.2) is 8.32 Å². The van der Waals surface area contributed by atoms with Gasteiger partial charge in [-0.25, -0.2) is 0 Å². The molecule has 210 valence electrons. The van der Waals surface area contributed by atoms with E-state index in [1.165, 1.54) is 51.4 Å². The number of allylic oxidation sites excluding steroid dienone is 4. The summed E-state index contributed by atoms with van der Waals surface area (Å²) < 4.78 is 13.4. The fourth-order valence-electron chi connectivity index (χ4n) is 8.00. The van der Waals surface area contributed by atoms with E-state index in [0.717, 1.165) is 5.92 Å². The smallest absolute Gasteiger partial charge is 0.224 e. The summed E-state index contributed by atoms with van der Waals surface area (Å²) in [4.78, 5) is 14.0. The predicted molar refractivity (Wildman–Crippen MR) is 156 cm³/mol. The van der Waals surface area contributed by atoms with E-state index in [1.54, 1.807) is 16.0 Å². The van der Waals surface area contributed by atoms with Gasteiger partial charge in [-0.2, -0.15) is 0 Å². The summed E-state index contributed by atoms with van der Waals surface area (Å²) in [7, 11) is 1.75. The molecule has 3 fully saturated rings. The van der Waals surface area contributed by atoms with Gasteiger partial charge in [-0.1, -0.05) is 64.3 Å². The molecule has 0 aliphatic heterocycles. The number of hydrogen-bond acceptors (Lipinski definition) is 3. The molecular formula is C32H55NO3Si. The van der Waals surface area contributed by atoms with E-state index in [9.17, 15) is 4.79 Å². The van der Waals surface area contributed by atoms with Gasteiger partial charge >= 0.3 is 0 Å². The molecule has 3 saturated carbocycles. The van der Waals surface area contributed by atoms with Crippen molar-refractivity contribution in [2.45, 2.75) is 117 Å². The molecule has 0 aromatic carbocycles. The highest BCUT2D eigenvalue weighted by Crippen LogP contribution is 2.65. The molecule has 6 atom stereocenters. The number of ether oxygens (including phenoxy) is 1. The van der Waals surface area contributed by atoms with Crippen molar-refractivity contribution in [1.82, 2.24) is 4.90 Å². The zero-order valence-corrected chi connectivity index (χ0v) is 26.4. The van der Waals surface area contributed by atoms with Crippen LogP contribution in [0.4, 0.5) is 0 Å². The van der Waals surface area contributed by atoms with Gasteiger partial charge in [0.05, 0.1) is 25.7 Å². The van der Waals surface area contributed by atoms with E-state index in [2.05, 4.69) is 59.9 Å². The van der Waals surface area contributed by atoms with Gasteiger partial charge in [0.25, 0.3) is 0 Å². The Balaban J connectivity index is 1.55. The van der Waals surface area contributed by atoms with Gasteiger partial charge in [-0.3, -0.25) is 4.79 Å². The lowest BCUT2D eigenvalue weighted by Gasteiger charge is -2.55. The third kappa shape index (κ3) is 5.43. The number of fused-ring (bicyclic) bond motifs is 5. The van der Waals surface area contributed by atoms with Crippen molar-refractivity contribution < 1.29 is 14.0 Å². The van der Waals surface area contributed by atoms with Crippen molar-refractivity contribution in [3.63, 3.8) is 0 Å². The molecular weight excluding hydrogens is 474 g/mol. The van der Waals surface area contributed by atoms with Crippen LogP contribution in [0.1, 0.15) is 92.4 Å². The first-order chi connectivity index (χ1) is 17.2. The van der Waals surface area contributed by atoms with Crippen LogP contribution in [-0.4, -0.2) is 52.5 Å². The Kier molecular flexibility index (Phi) is 8.31. The van der Waals surface area contributed by atoms with Crippen LogP contribution in [0, 0.1) is 28.6 Å². The number of nitrogens with zero attached hydrogens (tertiary/aromatic N) is 1. The molecule has 37 heavy (non-hydrogen) atoms. The van der Waals surface area contributed by atoms with Gasteiger partial charge in [-0.05, 0) is 91.7 Å². The normalized spacial score (nSPS) is 34.6. The molecule has 4 rings (SSSR count). The van der Waals surface area contributed by atoms with E-state index < -0.39 is 8.32 Å². The molecule has 1 amide bonds. The molecule has 5 heteroatoms. The van der Waals surface area contributed by atoms with Crippen molar-refractivity contribution in [3.05, 3.63) is 23.3 Å². The van der Waals surface area contributed by atoms with Crippen LogP contribution in [-0.2, 0) is 14.0 Å². The van der Waals surface area contributed by atoms with E-state index in [-0.39, 0.29) is 22.5 Å². The lowest BCUT2D eigenvalue weighted by atomic mass is 9.50. The number of hydrogen-bond donors (Lipinski definition) is 0. The monoisotopic (exact) mass is 529 g/mol. The molecule has 0 spiro atoms. The molecule has 0 aromatic rings. The highest BCUT2D eigenvalue weighted by Gasteiger charge is 2.57. The molecule has 4 nitrogen and oxygen atoms in total. The maximum Gasteiger partial charge on any atom is 0.224 e. The molecule has 0 N–H and O–H groups in total. The second-order valence-corrected chi connectivity index (χ2v) is 19.6. The van der Waals surface area contributed by atoms with E-state index in [1.807, 2.05) is 14.1 Å². The zero-order chi connectivity index (χ0) is 27.2. The third-order valence-electron chi connectivity index (χ3n) is 11.6. The highest BCUT2D eigenvalue weighted by atomic mass is 28.4. The first-order valence-electron chi connectivity index (χ1n) is 15.1. The predicted octanol–water partition coefficient (Wildman–Crippen LogP) is 7.76. The van der Waals surface area contributed by atoms with Crippen molar-refractivity contribution in [2.75, 3.05) is 27.3 Å². The SMILES string of the molecule is CN(C)C(=O)CCO[C@H](CO[Si](C)(C)C(C)(C)C)[C@H]1CC[C@H]2C3=CC=C4CCCC[C@]4(C)[C@H]3CC[C@]12C. The molecule has 4 aliphatic rings. The lowest BCUT2D eigenvalue weighted by Crippen LogP contribution is -2.49.